The molecule has 5 nitrogen and oxygen atoms in total. The first-order chi connectivity index (χ1) is 12.3. The predicted octanol–water partition coefficient (Wildman–Crippen LogP) is 2.02. The minimum atomic E-state index is -3.00. The largest absolute Gasteiger partial charge is 0.349 e. The number of aryl methyl sites for hydroxylation is 1. The van der Waals surface area contributed by atoms with Crippen molar-refractivity contribution >= 4 is 15.7 Å². The zero-order valence-electron chi connectivity index (χ0n) is 15.6. The lowest BCUT2D eigenvalue weighted by molar-refractivity contribution is -0.124. The Bertz CT molecular complexity index is 712. The molecule has 1 aromatic rings. The van der Waals surface area contributed by atoms with E-state index >= 15 is 0 Å². The maximum atomic E-state index is 12.3. The highest BCUT2D eigenvalue weighted by Crippen LogP contribution is 2.24. The van der Waals surface area contributed by atoms with E-state index in [2.05, 4.69) is 40.5 Å². The first-order valence-corrected chi connectivity index (χ1v) is 11.4. The van der Waals surface area contributed by atoms with Gasteiger partial charge in [0.2, 0.25) is 5.91 Å². The topological polar surface area (TPSA) is 66.5 Å². The van der Waals surface area contributed by atoms with Gasteiger partial charge in [0, 0.05) is 0 Å². The summed E-state index contributed by atoms with van der Waals surface area (Å²) in [5, 5.41) is 2.96. The van der Waals surface area contributed by atoms with Gasteiger partial charge < -0.3 is 5.32 Å². The second-order valence-corrected chi connectivity index (χ2v) is 10.4. The van der Waals surface area contributed by atoms with E-state index in [9.17, 15) is 13.2 Å². The highest BCUT2D eigenvalue weighted by atomic mass is 32.2. The molecule has 2 fully saturated rings. The van der Waals surface area contributed by atoms with Crippen LogP contribution in [0.25, 0.3) is 0 Å². The summed E-state index contributed by atoms with van der Waals surface area (Å²) in [5.41, 5.74) is 0.804. The minimum Gasteiger partial charge on any atom is -0.349 e. The van der Waals surface area contributed by atoms with Crippen molar-refractivity contribution in [3.05, 3.63) is 35.9 Å². The smallest absolute Gasteiger partial charge is 0.234 e. The predicted molar refractivity (Wildman–Crippen MR) is 104 cm³/mol. The molecule has 2 aliphatic rings. The molecule has 1 unspecified atom stereocenters. The summed E-state index contributed by atoms with van der Waals surface area (Å²) in [6, 6.07) is 10.6. The standard InChI is InChI=1S/C20H30N2O3S/c1-20(11-14-26(24,25)16-20)21-19(23)15-22-12-9-18(10-13-22)8-7-17-5-3-2-4-6-17/h2-6,18H,7-16H2,1H3,(H,21,23). The number of hydrogen-bond donors (Lipinski definition) is 1. The van der Waals surface area contributed by atoms with Gasteiger partial charge in [-0.3, -0.25) is 9.69 Å². The van der Waals surface area contributed by atoms with E-state index < -0.39 is 15.4 Å². The molecule has 0 bridgehead atoms. The monoisotopic (exact) mass is 378 g/mol. The van der Waals surface area contributed by atoms with Crippen LogP contribution in [0.2, 0.25) is 0 Å². The lowest BCUT2D eigenvalue weighted by Gasteiger charge is -2.32. The van der Waals surface area contributed by atoms with Crippen LogP contribution in [0.3, 0.4) is 0 Å². The summed E-state index contributed by atoms with van der Waals surface area (Å²) in [4.78, 5) is 14.5. The molecule has 1 amide bonds. The van der Waals surface area contributed by atoms with Gasteiger partial charge in [-0.15, -0.1) is 0 Å². The van der Waals surface area contributed by atoms with Gasteiger partial charge in [0.15, 0.2) is 9.84 Å². The number of amides is 1. The van der Waals surface area contributed by atoms with E-state index in [1.165, 1.54) is 12.0 Å². The molecule has 2 aliphatic heterocycles. The van der Waals surface area contributed by atoms with E-state index in [0.29, 0.717) is 13.0 Å². The van der Waals surface area contributed by atoms with Gasteiger partial charge in [-0.1, -0.05) is 30.3 Å². The summed E-state index contributed by atoms with van der Waals surface area (Å²) in [5.74, 6) is 0.920. The lowest BCUT2D eigenvalue weighted by Crippen LogP contribution is -2.51. The van der Waals surface area contributed by atoms with Crippen LogP contribution >= 0.6 is 0 Å². The molecule has 0 saturated carbocycles. The van der Waals surface area contributed by atoms with Crippen LogP contribution in [0.15, 0.2) is 30.3 Å². The fourth-order valence-corrected chi connectivity index (χ4v) is 6.23. The summed E-state index contributed by atoms with van der Waals surface area (Å²) in [6.45, 7) is 4.11. The van der Waals surface area contributed by atoms with Crippen molar-refractivity contribution in [1.82, 2.24) is 10.2 Å². The second-order valence-electron chi connectivity index (χ2n) is 8.19. The number of likely N-dealkylation sites (tertiary alicyclic amines) is 1. The Hall–Kier alpha value is -1.40. The van der Waals surface area contributed by atoms with Gasteiger partial charge in [0.05, 0.1) is 23.6 Å². The van der Waals surface area contributed by atoms with Gasteiger partial charge >= 0.3 is 0 Å². The van der Waals surface area contributed by atoms with Crippen LogP contribution in [-0.2, 0) is 21.1 Å². The van der Waals surface area contributed by atoms with Crippen LogP contribution in [0.5, 0.6) is 0 Å². The molecular weight excluding hydrogens is 348 g/mol. The van der Waals surface area contributed by atoms with E-state index in [0.717, 1.165) is 38.3 Å². The molecule has 0 aromatic heterocycles. The van der Waals surface area contributed by atoms with Gasteiger partial charge in [-0.05, 0) is 63.6 Å². The molecule has 0 spiro atoms. The number of hydrogen-bond acceptors (Lipinski definition) is 4. The van der Waals surface area contributed by atoms with E-state index in [1.54, 1.807) is 0 Å². The van der Waals surface area contributed by atoms with Crippen molar-refractivity contribution in [3.63, 3.8) is 0 Å². The normalized spacial score (nSPS) is 26.7. The average molecular weight is 379 g/mol. The van der Waals surface area contributed by atoms with Gasteiger partial charge in [0.25, 0.3) is 0 Å². The second kappa shape index (κ2) is 8.09. The van der Waals surface area contributed by atoms with Crippen molar-refractivity contribution < 1.29 is 13.2 Å². The SMILES string of the molecule is CC1(NC(=O)CN2CCC(CCc3ccccc3)CC2)CCS(=O)(=O)C1. The maximum Gasteiger partial charge on any atom is 0.234 e. The molecule has 6 heteroatoms. The molecule has 2 saturated heterocycles. The Morgan fingerprint density at radius 2 is 1.92 bits per heavy atom. The van der Waals surface area contributed by atoms with Crippen molar-refractivity contribution in [3.8, 4) is 0 Å². The highest BCUT2D eigenvalue weighted by Gasteiger charge is 2.39. The van der Waals surface area contributed by atoms with Crippen molar-refractivity contribution in [2.75, 3.05) is 31.1 Å². The number of benzene rings is 1. The zero-order valence-corrected chi connectivity index (χ0v) is 16.4. The van der Waals surface area contributed by atoms with Gasteiger partial charge in [0.1, 0.15) is 0 Å². The molecule has 144 valence electrons. The summed E-state index contributed by atoms with van der Waals surface area (Å²) < 4.78 is 23.3. The van der Waals surface area contributed by atoms with Crippen LogP contribution in [0.4, 0.5) is 0 Å². The third-order valence-electron chi connectivity index (χ3n) is 5.70. The number of nitrogens with one attached hydrogen (secondary N) is 1. The Kier molecular flexibility index (Phi) is 6.03. The van der Waals surface area contributed by atoms with E-state index in [-0.39, 0.29) is 17.4 Å². The molecule has 1 aromatic carbocycles. The van der Waals surface area contributed by atoms with Crippen LogP contribution in [0.1, 0.15) is 38.2 Å². The Balaban J connectivity index is 1.38. The van der Waals surface area contributed by atoms with Crippen molar-refractivity contribution in [1.29, 1.82) is 0 Å². The number of piperidine rings is 1. The molecule has 1 N–H and O–H groups in total. The summed E-state index contributed by atoms with van der Waals surface area (Å²) in [7, 11) is -3.00. The Morgan fingerprint density at radius 3 is 2.54 bits per heavy atom. The average Bonchev–Trinajstić information content (AvgIpc) is 2.88. The summed E-state index contributed by atoms with van der Waals surface area (Å²) in [6.07, 6.45) is 5.11. The fourth-order valence-electron chi connectivity index (χ4n) is 4.14. The lowest BCUT2D eigenvalue weighted by atomic mass is 9.90. The molecule has 0 aliphatic carbocycles. The molecule has 0 radical (unpaired) electrons. The Morgan fingerprint density at radius 1 is 1.23 bits per heavy atom. The van der Waals surface area contributed by atoms with Crippen LogP contribution < -0.4 is 5.32 Å². The molecule has 1 atom stereocenters. The van der Waals surface area contributed by atoms with Crippen molar-refractivity contribution in [2.45, 2.75) is 44.6 Å². The third kappa shape index (κ3) is 5.55. The number of rotatable bonds is 6. The van der Waals surface area contributed by atoms with Crippen LogP contribution in [0, 0.1) is 5.92 Å². The van der Waals surface area contributed by atoms with E-state index in [1.807, 2.05) is 6.92 Å². The first kappa shape index (κ1) is 19.4. The highest BCUT2D eigenvalue weighted by molar-refractivity contribution is 7.91. The number of nitrogens with zero attached hydrogens (tertiary/aromatic N) is 1. The molecule has 3 rings (SSSR count). The Labute approximate surface area is 157 Å². The van der Waals surface area contributed by atoms with Gasteiger partial charge in [-0.2, -0.15) is 0 Å². The zero-order chi connectivity index (χ0) is 18.6. The molecule has 26 heavy (non-hydrogen) atoms. The van der Waals surface area contributed by atoms with Crippen molar-refractivity contribution in [2.24, 2.45) is 5.92 Å². The number of carbonyl (C=O) groups is 1. The molecular formula is C20H30N2O3S. The minimum absolute atomic E-state index is 0.0488. The number of sulfone groups is 1. The number of carbonyl (C=O) groups excluding carboxylic acids is 1. The van der Waals surface area contributed by atoms with E-state index in [4.69, 9.17) is 0 Å². The first-order valence-electron chi connectivity index (χ1n) is 9.61. The molecule has 2 heterocycles. The summed E-state index contributed by atoms with van der Waals surface area (Å²) >= 11 is 0. The van der Waals surface area contributed by atoms with Gasteiger partial charge in [-0.25, -0.2) is 8.42 Å². The fraction of sp³-hybridized carbons (Fsp3) is 0.650. The third-order valence-corrected chi connectivity index (χ3v) is 7.61. The quantitative estimate of drug-likeness (QED) is 0.822. The maximum absolute atomic E-state index is 12.3. The van der Waals surface area contributed by atoms with Crippen LogP contribution in [-0.4, -0.2) is 55.9 Å².